The van der Waals surface area contributed by atoms with Crippen LogP contribution in [0.15, 0.2) is 36.5 Å². The van der Waals surface area contributed by atoms with Crippen LogP contribution in [0.1, 0.15) is 79.5 Å². The van der Waals surface area contributed by atoms with Crippen LogP contribution in [0.2, 0.25) is 0 Å². The molecule has 1 aliphatic heterocycles. The third-order valence-corrected chi connectivity index (χ3v) is 8.96. The van der Waals surface area contributed by atoms with Gasteiger partial charge < -0.3 is 19.1 Å². The average Bonchev–Trinajstić information content (AvgIpc) is 3.39. The maximum Gasteiger partial charge on any atom is 0.419 e. The summed E-state index contributed by atoms with van der Waals surface area (Å²) in [5.41, 5.74) is 3.66. The molecule has 10 heteroatoms. The van der Waals surface area contributed by atoms with Gasteiger partial charge in [-0.2, -0.15) is 0 Å². The highest BCUT2D eigenvalue weighted by molar-refractivity contribution is 5.95. The van der Waals surface area contributed by atoms with Crippen molar-refractivity contribution >= 4 is 28.7 Å². The monoisotopic (exact) mass is 611 g/mol. The number of esters is 1. The van der Waals surface area contributed by atoms with Crippen molar-refractivity contribution in [1.29, 1.82) is 0 Å². The molecule has 0 unspecified atom stereocenters. The number of hydrogen-bond acceptors (Lipinski definition) is 7. The van der Waals surface area contributed by atoms with Crippen LogP contribution in [0.4, 0.5) is 19.3 Å². The van der Waals surface area contributed by atoms with Gasteiger partial charge in [0.2, 0.25) is 5.92 Å². The molecule has 2 heterocycles. The normalized spacial score (nSPS) is 19.5. The summed E-state index contributed by atoms with van der Waals surface area (Å²) in [6.07, 6.45) is 2.27. The van der Waals surface area contributed by atoms with Crippen molar-refractivity contribution < 1.29 is 32.6 Å². The van der Waals surface area contributed by atoms with E-state index in [1.54, 1.807) is 19.4 Å². The van der Waals surface area contributed by atoms with Gasteiger partial charge in [-0.3, -0.25) is 9.47 Å². The highest BCUT2D eigenvalue weighted by Gasteiger charge is 2.58. The van der Waals surface area contributed by atoms with E-state index >= 15 is 0 Å². The number of carbonyl (C=O) groups excluding carboxylic acids is 2. The molecule has 0 N–H and O–H groups in total. The Balaban J connectivity index is 1.59. The standard InChI is InChI=1S/C34H43F2N3O5/c1-21-15-28(42-7)25(23-11-13-39(29(21)23)31(41)44-32(2,3)4)18-38-14-12-33(19-34(35,36)20-33)17-27(38)24-10-9-22(30(40)43-8)16-26(24)37(5)6/h9-11,13,15-16,27H,12,14,17-20H2,1-8H3/t27-/m0/s1. The summed E-state index contributed by atoms with van der Waals surface area (Å²) in [7, 11) is 6.79. The first kappa shape index (κ1) is 31.8. The van der Waals surface area contributed by atoms with E-state index in [-0.39, 0.29) is 18.9 Å². The number of aryl methyl sites for hydroxylation is 1. The molecule has 1 spiro atoms. The number of rotatable bonds is 6. The zero-order chi connectivity index (χ0) is 32.2. The Kier molecular flexibility index (Phi) is 8.20. The van der Waals surface area contributed by atoms with Gasteiger partial charge in [0.15, 0.2) is 0 Å². The van der Waals surface area contributed by atoms with E-state index in [4.69, 9.17) is 14.2 Å². The molecule has 1 saturated carbocycles. The van der Waals surface area contributed by atoms with Gasteiger partial charge in [0, 0.05) is 62.4 Å². The summed E-state index contributed by atoms with van der Waals surface area (Å²) in [5, 5.41) is 0.871. The Hall–Kier alpha value is -3.66. The molecule has 1 aliphatic carbocycles. The number of nitrogens with zero attached hydrogens (tertiary/aromatic N) is 3. The van der Waals surface area contributed by atoms with Crippen molar-refractivity contribution in [2.75, 3.05) is 39.8 Å². The van der Waals surface area contributed by atoms with E-state index in [1.165, 1.54) is 11.7 Å². The predicted octanol–water partition coefficient (Wildman–Crippen LogP) is 7.35. The minimum Gasteiger partial charge on any atom is -0.496 e. The van der Waals surface area contributed by atoms with Crippen molar-refractivity contribution in [1.82, 2.24) is 9.47 Å². The predicted molar refractivity (Wildman–Crippen MR) is 166 cm³/mol. The van der Waals surface area contributed by atoms with E-state index in [1.807, 2.05) is 71.0 Å². The molecule has 0 bridgehead atoms. The summed E-state index contributed by atoms with van der Waals surface area (Å²) in [5.74, 6) is -2.38. The molecule has 5 rings (SSSR count). The molecule has 2 aromatic carbocycles. The fraction of sp³-hybridized carbons (Fsp3) is 0.529. The highest BCUT2D eigenvalue weighted by atomic mass is 19.3. The number of ether oxygens (including phenoxy) is 3. The molecule has 2 fully saturated rings. The van der Waals surface area contributed by atoms with Gasteiger partial charge in [0.25, 0.3) is 0 Å². The molecule has 3 aromatic rings. The van der Waals surface area contributed by atoms with Crippen LogP contribution in [0.5, 0.6) is 5.75 Å². The van der Waals surface area contributed by atoms with Crippen LogP contribution in [0.3, 0.4) is 0 Å². The zero-order valence-electron chi connectivity index (χ0n) is 26.9. The number of benzene rings is 2. The van der Waals surface area contributed by atoms with Gasteiger partial charge in [-0.1, -0.05) is 6.07 Å². The maximum absolute atomic E-state index is 14.3. The van der Waals surface area contributed by atoms with E-state index < -0.39 is 29.0 Å². The molecule has 1 aromatic heterocycles. The lowest BCUT2D eigenvalue weighted by molar-refractivity contribution is -0.186. The lowest BCUT2D eigenvalue weighted by Gasteiger charge is -2.55. The van der Waals surface area contributed by atoms with Crippen molar-refractivity contribution in [3.63, 3.8) is 0 Å². The van der Waals surface area contributed by atoms with E-state index in [0.717, 1.165) is 33.3 Å². The number of anilines is 1. The van der Waals surface area contributed by atoms with Crippen LogP contribution in [-0.4, -0.2) is 67.9 Å². The maximum atomic E-state index is 14.3. The fourth-order valence-electron chi connectivity index (χ4n) is 7.07. The first-order valence-electron chi connectivity index (χ1n) is 15.0. The quantitative estimate of drug-likeness (QED) is 0.270. The third-order valence-electron chi connectivity index (χ3n) is 8.96. The number of hydrogen-bond donors (Lipinski definition) is 0. The van der Waals surface area contributed by atoms with Crippen molar-refractivity contribution in [2.24, 2.45) is 5.41 Å². The number of alkyl halides is 2. The Morgan fingerprint density at radius 1 is 1.09 bits per heavy atom. The zero-order valence-corrected chi connectivity index (χ0v) is 26.9. The molecule has 2 aliphatic rings. The Morgan fingerprint density at radius 3 is 2.39 bits per heavy atom. The van der Waals surface area contributed by atoms with Crippen LogP contribution < -0.4 is 9.64 Å². The van der Waals surface area contributed by atoms with Gasteiger partial charge in [-0.15, -0.1) is 0 Å². The van der Waals surface area contributed by atoms with Crippen LogP contribution in [-0.2, 0) is 16.0 Å². The second-order valence-corrected chi connectivity index (χ2v) is 13.6. The Labute approximate surface area is 257 Å². The Morgan fingerprint density at radius 2 is 1.80 bits per heavy atom. The smallest absolute Gasteiger partial charge is 0.419 e. The highest BCUT2D eigenvalue weighted by Crippen LogP contribution is 2.61. The number of likely N-dealkylation sites (tertiary alicyclic amines) is 1. The minimum atomic E-state index is -2.64. The van der Waals surface area contributed by atoms with E-state index in [2.05, 4.69) is 4.90 Å². The molecule has 0 radical (unpaired) electrons. The lowest BCUT2D eigenvalue weighted by Crippen LogP contribution is -2.53. The number of carbonyl (C=O) groups is 2. The van der Waals surface area contributed by atoms with E-state index in [0.29, 0.717) is 37.2 Å². The molecule has 1 atom stereocenters. The second-order valence-electron chi connectivity index (χ2n) is 13.6. The van der Waals surface area contributed by atoms with Crippen LogP contribution in [0, 0.1) is 12.3 Å². The first-order valence-corrected chi connectivity index (χ1v) is 15.0. The van der Waals surface area contributed by atoms with Gasteiger partial charge in [-0.25, -0.2) is 18.4 Å². The van der Waals surface area contributed by atoms with Crippen molar-refractivity contribution in [3.05, 3.63) is 58.8 Å². The van der Waals surface area contributed by atoms with Gasteiger partial charge in [-0.05, 0) is 87.9 Å². The Bertz CT molecular complexity index is 1580. The topological polar surface area (TPSA) is 73.2 Å². The summed E-state index contributed by atoms with van der Waals surface area (Å²) in [6, 6.07) is 9.12. The van der Waals surface area contributed by atoms with Crippen LogP contribution >= 0.6 is 0 Å². The lowest BCUT2D eigenvalue weighted by atomic mass is 9.58. The summed E-state index contributed by atoms with van der Waals surface area (Å²) < 4.78 is 46.6. The molecule has 0 amide bonds. The molecule has 1 saturated heterocycles. The van der Waals surface area contributed by atoms with Crippen LogP contribution in [0.25, 0.3) is 10.9 Å². The fourth-order valence-corrected chi connectivity index (χ4v) is 7.07. The summed E-state index contributed by atoms with van der Waals surface area (Å²) in [6.45, 7) is 8.52. The number of methoxy groups -OCH3 is 2. The summed E-state index contributed by atoms with van der Waals surface area (Å²) in [4.78, 5) is 29.8. The molecule has 8 nitrogen and oxygen atoms in total. The first-order chi connectivity index (χ1) is 20.6. The molecule has 238 valence electrons. The minimum absolute atomic E-state index is 0.112. The second kappa shape index (κ2) is 11.4. The number of halogens is 2. The number of piperidine rings is 1. The number of aromatic nitrogens is 1. The van der Waals surface area contributed by atoms with Gasteiger partial charge in [0.05, 0.1) is 25.3 Å². The molecule has 44 heavy (non-hydrogen) atoms. The largest absolute Gasteiger partial charge is 0.496 e. The average molecular weight is 612 g/mol. The third kappa shape index (κ3) is 6.01. The molecular weight excluding hydrogens is 568 g/mol. The van der Waals surface area contributed by atoms with E-state index in [9.17, 15) is 18.4 Å². The van der Waals surface area contributed by atoms with Gasteiger partial charge in [0.1, 0.15) is 11.4 Å². The van der Waals surface area contributed by atoms with Crippen molar-refractivity contribution in [3.8, 4) is 5.75 Å². The molecular formula is C34H43F2N3O5. The number of fused-ring (bicyclic) bond motifs is 1. The SMILES string of the molecule is COC(=O)c1ccc([C@@H]2CC3(CCN2Cc2c(OC)cc(C)c4c2ccn4C(=O)OC(C)(C)C)CC(F)(F)C3)c(N(C)C)c1. The van der Waals surface area contributed by atoms with Crippen molar-refractivity contribution in [2.45, 2.75) is 77.5 Å². The van der Waals surface area contributed by atoms with Gasteiger partial charge >= 0.3 is 12.1 Å². The summed E-state index contributed by atoms with van der Waals surface area (Å²) >= 11 is 0.